The van der Waals surface area contributed by atoms with E-state index < -0.39 is 0 Å². The highest BCUT2D eigenvalue weighted by Crippen LogP contribution is 2.42. The number of benzene rings is 1. The molecule has 0 aliphatic heterocycles. The van der Waals surface area contributed by atoms with Crippen LogP contribution < -0.4 is 4.74 Å². The molecule has 21 heavy (non-hydrogen) atoms. The van der Waals surface area contributed by atoms with Gasteiger partial charge in [-0.15, -0.1) is 0 Å². The van der Waals surface area contributed by atoms with Crippen molar-refractivity contribution >= 4 is 17.4 Å². The molecule has 0 bridgehead atoms. The molecule has 0 spiro atoms. The molecule has 1 aliphatic carbocycles. The number of aromatic hydroxyl groups is 1. The lowest BCUT2D eigenvalue weighted by Crippen LogP contribution is -2.13. The number of carbonyl (C=O) groups excluding carboxylic acids is 1. The Balaban J connectivity index is 1.75. The van der Waals surface area contributed by atoms with Crippen molar-refractivity contribution in [3.05, 3.63) is 40.5 Å². The van der Waals surface area contributed by atoms with E-state index in [1.165, 1.54) is 4.68 Å². The molecule has 110 valence electrons. The van der Waals surface area contributed by atoms with Gasteiger partial charge in [-0.1, -0.05) is 11.6 Å². The number of carbonyl (C=O) groups is 1. The largest absolute Gasteiger partial charge is 0.493 e. The summed E-state index contributed by atoms with van der Waals surface area (Å²) >= 11 is 5.79. The summed E-state index contributed by atoms with van der Waals surface area (Å²) < 4.78 is 6.78. The Morgan fingerprint density at radius 2 is 2.10 bits per heavy atom. The van der Waals surface area contributed by atoms with Crippen LogP contribution in [0, 0.1) is 0 Å². The molecule has 3 rings (SSSR count). The molecule has 0 saturated heterocycles. The zero-order chi connectivity index (χ0) is 15.0. The Hall–Kier alpha value is -2.01. The summed E-state index contributed by atoms with van der Waals surface area (Å²) in [6.45, 7) is -0.138. The number of aryl methyl sites for hydroxylation is 1. The molecule has 0 radical (unpaired) electrons. The van der Waals surface area contributed by atoms with Crippen LogP contribution in [-0.4, -0.2) is 27.3 Å². The van der Waals surface area contributed by atoms with E-state index in [9.17, 15) is 9.90 Å². The SMILES string of the molecule is Cn1nc(C2CC2)c(C(=O)COc2ccc(Cl)cc2)c1O. The Morgan fingerprint density at radius 3 is 2.71 bits per heavy atom. The van der Waals surface area contributed by atoms with Crippen LogP contribution in [0.4, 0.5) is 0 Å². The first-order valence-corrected chi connectivity index (χ1v) is 7.11. The highest BCUT2D eigenvalue weighted by molar-refractivity contribution is 6.30. The fourth-order valence-corrected chi connectivity index (χ4v) is 2.32. The molecule has 0 amide bonds. The van der Waals surface area contributed by atoms with Gasteiger partial charge in [0.1, 0.15) is 11.3 Å². The lowest BCUT2D eigenvalue weighted by Gasteiger charge is -2.06. The number of hydrogen-bond acceptors (Lipinski definition) is 4. The van der Waals surface area contributed by atoms with Crippen LogP contribution in [0.5, 0.6) is 11.6 Å². The van der Waals surface area contributed by atoms with Gasteiger partial charge in [0.2, 0.25) is 11.7 Å². The summed E-state index contributed by atoms with van der Waals surface area (Å²) in [7, 11) is 1.62. The van der Waals surface area contributed by atoms with E-state index in [0.717, 1.165) is 12.8 Å². The minimum Gasteiger partial charge on any atom is -0.493 e. The third kappa shape index (κ3) is 2.88. The van der Waals surface area contributed by atoms with Gasteiger partial charge in [-0.25, -0.2) is 4.68 Å². The monoisotopic (exact) mass is 306 g/mol. The second-order valence-electron chi connectivity index (χ2n) is 5.15. The first-order valence-electron chi connectivity index (χ1n) is 6.73. The summed E-state index contributed by atoms with van der Waals surface area (Å²) in [5, 5.41) is 14.8. The highest BCUT2D eigenvalue weighted by Gasteiger charge is 2.34. The fourth-order valence-electron chi connectivity index (χ4n) is 2.20. The first-order chi connectivity index (χ1) is 10.1. The van der Waals surface area contributed by atoms with Crippen molar-refractivity contribution in [2.45, 2.75) is 18.8 Å². The van der Waals surface area contributed by atoms with Crippen LogP contribution in [0.25, 0.3) is 0 Å². The van der Waals surface area contributed by atoms with Crippen LogP contribution in [-0.2, 0) is 7.05 Å². The molecule has 1 fully saturated rings. The van der Waals surface area contributed by atoms with E-state index in [2.05, 4.69) is 5.10 Å². The molecule has 5 nitrogen and oxygen atoms in total. The van der Waals surface area contributed by atoms with Gasteiger partial charge in [0, 0.05) is 18.0 Å². The molecule has 0 unspecified atom stereocenters. The highest BCUT2D eigenvalue weighted by atomic mass is 35.5. The molecular weight excluding hydrogens is 292 g/mol. The number of nitrogens with zero attached hydrogens (tertiary/aromatic N) is 2. The predicted octanol–water partition coefficient (Wildman–Crippen LogP) is 2.92. The van der Waals surface area contributed by atoms with Crippen LogP contribution in [0.3, 0.4) is 0 Å². The maximum absolute atomic E-state index is 12.3. The second-order valence-corrected chi connectivity index (χ2v) is 5.58. The Bertz CT molecular complexity index is 675. The van der Waals surface area contributed by atoms with Crippen molar-refractivity contribution in [2.24, 2.45) is 7.05 Å². The van der Waals surface area contributed by atoms with Gasteiger partial charge in [0.25, 0.3) is 0 Å². The van der Waals surface area contributed by atoms with Crippen molar-refractivity contribution in [1.82, 2.24) is 9.78 Å². The number of Topliss-reactive ketones (excluding diaryl/α,β-unsaturated/α-hetero) is 1. The summed E-state index contributed by atoms with van der Waals surface area (Å²) in [6.07, 6.45) is 2.02. The van der Waals surface area contributed by atoms with E-state index in [1.54, 1.807) is 31.3 Å². The van der Waals surface area contributed by atoms with Gasteiger partial charge >= 0.3 is 0 Å². The van der Waals surface area contributed by atoms with Crippen molar-refractivity contribution in [3.8, 4) is 11.6 Å². The molecule has 1 aromatic carbocycles. The topological polar surface area (TPSA) is 64.4 Å². The molecule has 1 N–H and O–H groups in total. The molecule has 0 atom stereocenters. The van der Waals surface area contributed by atoms with Gasteiger partial charge in [-0.2, -0.15) is 5.10 Å². The fraction of sp³-hybridized carbons (Fsp3) is 0.333. The number of hydrogen-bond donors (Lipinski definition) is 1. The number of ether oxygens (including phenoxy) is 1. The lowest BCUT2D eigenvalue weighted by atomic mass is 10.1. The summed E-state index contributed by atoms with van der Waals surface area (Å²) in [5.74, 6) is 0.481. The summed E-state index contributed by atoms with van der Waals surface area (Å²) in [4.78, 5) is 12.3. The first kappa shape index (κ1) is 13.9. The molecule has 1 aromatic heterocycles. The smallest absolute Gasteiger partial charge is 0.220 e. The van der Waals surface area contributed by atoms with Crippen molar-refractivity contribution < 1.29 is 14.6 Å². The molecule has 1 heterocycles. The van der Waals surface area contributed by atoms with Crippen LogP contribution in [0.15, 0.2) is 24.3 Å². The lowest BCUT2D eigenvalue weighted by molar-refractivity contribution is 0.0917. The Labute approximate surface area is 127 Å². The van der Waals surface area contributed by atoms with Gasteiger partial charge in [-0.3, -0.25) is 4.79 Å². The zero-order valence-electron chi connectivity index (χ0n) is 11.5. The van der Waals surface area contributed by atoms with E-state index in [0.29, 0.717) is 16.5 Å². The van der Waals surface area contributed by atoms with Gasteiger partial charge < -0.3 is 9.84 Å². The zero-order valence-corrected chi connectivity index (χ0v) is 12.3. The van der Waals surface area contributed by atoms with E-state index >= 15 is 0 Å². The quantitative estimate of drug-likeness (QED) is 0.863. The van der Waals surface area contributed by atoms with Gasteiger partial charge in [0.15, 0.2) is 6.61 Å². The third-order valence-corrected chi connectivity index (χ3v) is 3.72. The van der Waals surface area contributed by atoms with Crippen LogP contribution in [0.2, 0.25) is 5.02 Å². The van der Waals surface area contributed by atoms with Crippen LogP contribution >= 0.6 is 11.6 Å². The summed E-state index contributed by atoms with van der Waals surface area (Å²) in [6, 6.07) is 6.78. The number of aromatic nitrogens is 2. The standard InChI is InChI=1S/C15H15ClN2O3/c1-18-15(20)13(14(17-18)9-2-3-9)12(19)8-21-11-6-4-10(16)5-7-11/h4-7,9,20H,2-3,8H2,1H3. The van der Waals surface area contributed by atoms with E-state index in [1.807, 2.05) is 0 Å². The van der Waals surface area contributed by atoms with Crippen molar-refractivity contribution in [3.63, 3.8) is 0 Å². The Morgan fingerprint density at radius 1 is 1.43 bits per heavy atom. The second kappa shape index (κ2) is 5.41. The number of ketones is 1. The maximum Gasteiger partial charge on any atom is 0.220 e. The Kier molecular flexibility index (Phi) is 3.59. The normalized spacial score (nSPS) is 14.2. The van der Waals surface area contributed by atoms with Crippen LogP contribution in [0.1, 0.15) is 34.8 Å². The minimum atomic E-state index is -0.266. The van der Waals surface area contributed by atoms with Gasteiger partial charge in [-0.05, 0) is 37.1 Å². The number of halogens is 1. The van der Waals surface area contributed by atoms with Crippen molar-refractivity contribution in [2.75, 3.05) is 6.61 Å². The third-order valence-electron chi connectivity index (χ3n) is 3.47. The molecular formula is C15H15ClN2O3. The maximum atomic E-state index is 12.3. The summed E-state index contributed by atoms with van der Waals surface area (Å²) in [5.41, 5.74) is 0.966. The number of rotatable bonds is 5. The average molecular weight is 307 g/mol. The molecule has 2 aromatic rings. The van der Waals surface area contributed by atoms with E-state index in [4.69, 9.17) is 16.3 Å². The average Bonchev–Trinajstić information content (AvgIpc) is 3.26. The van der Waals surface area contributed by atoms with Crippen molar-refractivity contribution in [1.29, 1.82) is 0 Å². The van der Waals surface area contributed by atoms with E-state index in [-0.39, 0.29) is 29.8 Å². The minimum absolute atomic E-state index is 0.0957. The molecule has 6 heteroatoms. The van der Waals surface area contributed by atoms with Gasteiger partial charge in [0.05, 0.1) is 5.69 Å². The predicted molar refractivity (Wildman–Crippen MR) is 78.1 cm³/mol. The molecule has 1 saturated carbocycles. The molecule has 1 aliphatic rings.